The predicted molar refractivity (Wildman–Crippen MR) is 69.2 cm³/mol. The second-order valence-electron chi connectivity index (χ2n) is 4.74. The van der Waals surface area contributed by atoms with Gasteiger partial charge in [0.05, 0.1) is 6.54 Å². The first kappa shape index (κ1) is 14.7. The molecule has 0 saturated heterocycles. The molecule has 0 aliphatic rings. The molecule has 0 saturated carbocycles. The molecule has 0 aromatic carbocycles. The van der Waals surface area contributed by atoms with Crippen LogP contribution in [0.3, 0.4) is 0 Å². The van der Waals surface area contributed by atoms with Gasteiger partial charge in [-0.15, -0.1) is 0 Å². The van der Waals surface area contributed by atoms with Crippen LogP contribution in [0.5, 0.6) is 0 Å². The van der Waals surface area contributed by atoms with Crippen LogP contribution in [0.1, 0.15) is 26.5 Å². The fraction of sp³-hybridized carbons (Fsp3) is 0.600. The first-order valence-electron chi connectivity index (χ1n) is 5.12. The molecule has 1 rings (SSSR count). The minimum Gasteiger partial charge on any atom is -0.452 e. The second-order valence-corrected chi connectivity index (χ2v) is 7.11. The molecule has 1 aromatic heterocycles. The fourth-order valence-electron chi connectivity index (χ4n) is 1.30. The Morgan fingerprint density at radius 1 is 1.41 bits per heavy atom. The summed E-state index contributed by atoms with van der Waals surface area (Å²) in [7, 11) is -1.80. The van der Waals surface area contributed by atoms with Crippen molar-refractivity contribution in [2.24, 2.45) is 0 Å². The highest BCUT2D eigenvalue weighted by Crippen LogP contribution is 2.26. The molecule has 17 heavy (non-hydrogen) atoms. The minimum atomic E-state index is -3.56. The van der Waals surface area contributed by atoms with Gasteiger partial charge in [0.25, 0.3) is 0 Å². The summed E-state index contributed by atoms with van der Waals surface area (Å²) in [5.74, 6) is 0.564. The topological polar surface area (TPSA) is 71.3 Å². The Morgan fingerprint density at radius 2 is 2.00 bits per heavy atom. The lowest BCUT2D eigenvalue weighted by molar-refractivity contribution is 0.466. The first-order chi connectivity index (χ1) is 7.65. The molecule has 2 N–H and O–H groups in total. The normalized spacial score (nSPS) is 13.0. The van der Waals surface area contributed by atoms with Gasteiger partial charge < -0.3 is 9.73 Å². The van der Waals surface area contributed by atoms with E-state index in [0.717, 1.165) is 0 Å². The average Bonchev–Trinajstić information content (AvgIpc) is 2.43. The summed E-state index contributed by atoms with van der Waals surface area (Å²) in [6.07, 6.45) is 0. The van der Waals surface area contributed by atoms with Crippen LogP contribution in [0, 0.1) is 0 Å². The highest BCUT2D eigenvalue weighted by molar-refractivity contribution is 9.10. The van der Waals surface area contributed by atoms with Crippen LogP contribution in [0.2, 0.25) is 0 Å². The van der Waals surface area contributed by atoms with Gasteiger partial charge in [-0.2, -0.15) is 0 Å². The largest absolute Gasteiger partial charge is 0.452 e. The van der Waals surface area contributed by atoms with E-state index in [4.69, 9.17) is 4.42 Å². The van der Waals surface area contributed by atoms with Crippen molar-refractivity contribution in [3.8, 4) is 0 Å². The van der Waals surface area contributed by atoms with E-state index in [0.29, 0.717) is 12.3 Å². The third kappa shape index (κ3) is 4.09. The minimum absolute atomic E-state index is 0.123. The molecule has 0 aliphatic carbocycles. The highest BCUT2D eigenvalue weighted by Gasteiger charge is 2.26. The van der Waals surface area contributed by atoms with Gasteiger partial charge in [0, 0.05) is 11.6 Å². The lowest BCUT2D eigenvalue weighted by Gasteiger charge is -2.19. The molecular weight excluding hydrogens is 308 g/mol. The van der Waals surface area contributed by atoms with Crippen molar-refractivity contribution in [2.45, 2.75) is 37.8 Å². The molecular formula is C10H17BrN2O3S. The molecule has 0 spiro atoms. The Hall–Kier alpha value is -0.370. The van der Waals surface area contributed by atoms with E-state index >= 15 is 0 Å². The van der Waals surface area contributed by atoms with Crippen molar-refractivity contribution in [3.05, 3.63) is 16.5 Å². The average molecular weight is 325 g/mol. The number of hydrogen-bond donors (Lipinski definition) is 2. The second kappa shape index (κ2) is 5.09. The molecule has 0 unspecified atom stereocenters. The van der Waals surface area contributed by atoms with Gasteiger partial charge in [-0.1, -0.05) is 0 Å². The quantitative estimate of drug-likeness (QED) is 0.886. The van der Waals surface area contributed by atoms with Crippen LogP contribution in [-0.4, -0.2) is 21.0 Å². The van der Waals surface area contributed by atoms with E-state index in [1.165, 1.54) is 6.07 Å². The van der Waals surface area contributed by atoms with Crippen LogP contribution in [0.15, 0.2) is 20.0 Å². The molecule has 1 aromatic rings. The maximum atomic E-state index is 12.1. The van der Waals surface area contributed by atoms with Crippen LogP contribution >= 0.6 is 15.9 Å². The molecule has 0 radical (unpaired) electrons. The zero-order valence-corrected chi connectivity index (χ0v) is 12.7. The SMILES string of the molecule is CNCc1cc(S(=O)(=O)NC(C)(C)C)c(Br)o1. The van der Waals surface area contributed by atoms with E-state index in [2.05, 4.69) is 26.0 Å². The number of halogens is 1. The van der Waals surface area contributed by atoms with Gasteiger partial charge in [-0.05, 0) is 43.7 Å². The first-order valence-corrected chi connectivity index (χ1v) is 7.40. The van der Waals surface area contributed by atoms with Gasteiger partial charge in [-0.3, -0.25) is 0 Å². The van der Waals surface area contributed by atoms with E-state index < -0.39 is 15.6 Å². The number of furan rings is 1. The van der Waals surface area contributed by atoms with Crippen molar-refractivity contribution in [3.63, 3.8) is 0 Å². The van der Waals surface area contributed by atoms with Crippen LogP contribution in [0.4, 0.5) is 0 Å². The van der Waals surface area contributed by atoms with Gasteiger partial charge in [-0.25, -0.2) is 13.1 Å². The van der Waals surface area contributed by atoms with Gasteiger partial charge in [0.1, 0.15) is 10.7 Å². The summed E-state index contributed by atoms with van der Waals surface area (Å²) in [4.78, 5) is 0.123. The lowest BCUT2D eigenvalue weighted by Crippen LogP contribution is -2.40. The summed E-state index contributed by atoms with van der Waals surface area (Å²) in [5, 5.41) is 2.89. The predicted octanol–water partition coefficient (Wildman–Crippen LogP) is 1.84. The Labute approximate surface area is 110 Å². The van der Waals surface area contributed by atoms with Crippen molar-refractivity contribution >= 4 is 26.0 Å². The maximum absolute atomic E-state index is 12.1. The van der Waals surface area contributed by atoms with E-state index in [1.54, 1.807) is 27.8 Å². The number of nitrogens with one attached hydrogen (secondary N) is 2. The highest BCUT2D eigenvalue weighted by atomic mass is 79.9. The van der Waals surface area contributed by atoms with Gasteiger partial charge >= 0.3 is 0 Å². The molecule has 0 fully saturated rings. The van der Waals surface area contributed by atoms with Crippen molar-refractivity contribution in [1.29, 1.82) is 0 Å². The molecule has 0 bridgehead atoms. The van der Waals surface area contributed by atoms with Crippen molar-refractivity contribution in [2.75, 3.05) is 7.05 Å². The summed E-state index contributed by atoms with van der Waals surface area (Å²) in [6.45, 7) is 5.83. The van der Waals surface area contributed by atoms with Crippen molar-refractivity contribution < 1.29 is 12.8 Å². The molecule has 5 nitrogen and oxygen atoms in total. The van der Waals surface area contributed by atoms with Crippen LogP contribution in [-0.2, 0) is 16.6 Å². The van der Waals surface area contributed by atoms with Crippen molar-refractivity contribution in [1.82, 2.24) is 10.0 Å². The number of rotatable bonds is 4. The number of sulfonamides is 1. The molecule has 7 heteroatoms. The standard InChI is InChI=1S/C10H17BrN2O3S/c1-10(2,3)13-17(14,15)8-5-7(6-12-4)16-9(8)11/h5,12-13H,6H2,1-4H3. The molecule has 0 amide bonds. The molecule has 98 valence electrons. The van der Waals surface area contributed by atoms with Crippen LogP contribution < -0.4 is 10.0 Å². The Balaban J connectivity index is 3.07. The van der Waals surface area contributed by atoms with E-state index in [1.807, 2.05) is 0 Å². The van der Waals surface area contributed by atoms with Gasteiger partial charge in [0.15, 0.2) is 4.67 Å². The monoisotopic (exact) mass is 324 g/mol. The number of hydrogen-bond acceptors (Lipinski definition) is 4. The fourth-order valence-corrected chi connectivity index (χ4v) is 3.72. The Morgan fingerprint density at radius 3 is 2.47 bits per heavy atom. The Kier molecular flexibility index (Phi) is 4.40. The molecule has 0 atom stereocenters. The molecule has 0 aliphatic heterocycles. The third-order valence-electron chi connectivity index (χ3n) is 1.79. The zero-order valence-electron chi connectivity index (χ0n) is 10.3. The molecule has 1 heterocycles. The summed E-state index contributed by atoms with van der Waals surface area (Å²) >= 11 is 3.12. The van der Waals surface area contributed by atoms with E-state index in [9.17, 15) is 8.42 Å². The zero-order chi connectivity index (χ0) is 13.3. The van der Waals surface area contributed by atoms with Crippen LogP contribution in [0.25, 0.3) is 0 Å². The lowest BCUT2D eigenvalue weighted by atomic mass is 10.1. The van der Waals surface area contributed by atoms with E-state index in [-0.39, 0.29) is 9.56 Å². The third-order valence-corrected chi connectivity index (χ3v) is 4.40. The summed E-state index contributed by atoms with van der Waals surface area (Å²) < 4.78 is 32.2. The van der Waals surface area contributed by atoms with Gasteiger partial charge in [0.2, 0.25) is 10.0 Å². The summed E-state index contributed by atoms with van der Waals surface area (Å²) in [6, 6.07) is 1.51. The summed E-state index contributed by atoms with van der Waals surface area (Å²) in [5.41, 5.74) is -0.529. The maximum Gasteiger partial charge on any atom is 0.245 e. The Bertz CT molecular complexity index is 488. The smallest absolute Gasteiger partial charge is 0.245 e.